The molecule has 0 aromatic carbocycles. The minimum absolute atomic E-state index is 0.0180. The van der Waals surface area contributed by atoms with Crippen molar-refractivity contribution in [3.63, 3.8) is 0 Å². The molecule has 3 rings (SSSR count). The van der Waals surface area contributed by atoms with E-state index in [2.05, 4.69) is 27.8 Å². The maximum absolute atomic E-state index is 14.6. The van der Waals surface area contributed by atoms with Gasteiger partial charge in [0, 0.05) is 18.5 Å². The van der Waals surface area contributed by atoms with Gasteiger partial charge in [0.25, 0.3) is 5.91 Å². The van der Waals surface area contributed by atoms with Gasteiger partial charge in [0.05, 0.1) is 6.04 Å². The Morgan fingerprint density at radius 1 is 0.918 bits per heavy atom. The Morgan fingerprint density at radius 3 is 2.04 bits per heavy atom. The highest BCUT2D eigenvalue weighted by Crippen LogP contribution is 2.40. The van der Waals surface area contributed by atoms with E-state index in [0.717, 1.165) is 44.9 Å². The third kappa shape index (κ3) is 10.6. The molecule has 1 saturated heterocycles. The SMILES string of the molecule is C=CCNC(=O)C(=O)C(CC1CC1)NC(=O)[C@@H]1C[C@@H](C(C)C)CN1C(=O)[C@@H](NC(=O)[C@@H](NC(=O)C(C)(C)C)C1(C)CCCCC1)C(C)(C)C. The van der Waals surface area contributed by atoms with Gasteiger partial charge in [0.1, 0.15) is 18.1 Å². The van der Waals surface area contributed by atoms with Crippen molar-refractivity contribution in [3.8, 4) is 0 Å². The molecule has 4 N–H and O–H groups in total. The van der Waals surface area contributed by atoms with Crippen molar-refractivity contribution in [3.05, 3.63) is 12.7 Å². The first-order chi connectivity index (χ1) is 22.7. The van der Waals surface area contributed by atoms with Crippen molar-refractivity contribution in [1.82, 2.24) is 26.2 Å². The topological polar surface area (TPSA) is 154 Å². The Kier molecular flexibility index (Phi) is 13.3. The zero-order valence-electron chi connectivity index (χ0n) is 31.5. The van der Waals surface area contributed by atoms with Crippen LogP contribution in [0, 0.1) is 34.0 Å². The average molecular weight is 686 g/mol. The summed E-state index contributed by atoms with van der Waals surface area (Å²) in [7, 11) is 0. The van der Waals surface area contributed by atoms with E-state index in [1.165, 1.54) is 6.08 Å². The van der Waals surface area contributed by atoms with E-state index in [-0.39, 0.29) is 36.1 Å². The van der Waals surface area contributed by atoms with E-state index < -0.39 is 63.9 Å². The standard InChI is InChI=1S/C38H63N5O6/c1-11-19-39-32(46)28(44)26(20-24-15-16-24)40-31(45)27-21-25(23(2)3)22-43(27)34(48)30(36(4,5)6)41-33(47)29(42-35(49)37(7,8)9)38(10)17-13-12-14-18-38/h11,23-27,29-30H,1,12-22H2,2-10H3,(H,39,46)(H,40,45)(H,41,47)(H,42,49)/t25-,26?,27+,29-,30-/m1/s1. The van der Waals surface area contributed by atoms with Crippen LogP contribution < -0.4 is 21.3 Å². The first kappa shape index (κ1) is 40.2. The Hall–Kier alpha value is -3.24. The van der Waals surface area contributed by atoms with Gasteiger partial charge < -0.3 is 26.2 Å². The highest BCUT2D eigenvalue weighted by molar-refractivity contribution is 6.38. The second-order valence-electron chi connectivity index (χ2n) is 17.5. The fourth-order valence-corrected chi connectivity index (χ4v) is 7.03. The molecule has 11 nitrogen and oxygen atoms in total. The number of rotatable bonds is 14. The lowest BCUT2D eigenvalue weighted by molar-refractivity contribution is -0.146. The molecule has 3 aliphatic rings. The quantitative estimate of drug-likeness (QED) is 0.160. The van der Waals surface area contributed by atoms with Crippen LogP contribution in [0.2, 0.25) is 0 Å². The number of nitrogens with zero attached hydrogens (tertiary/aromatic N) is 1. The number of Topliss-reactive ketones (excluding diaryl/α,β-unsaturated/α-hetero) is 1. The van der Waals surface area contributed by atoms with Gasteiger partial charge in [0.2, 0.25) is 29.4 Å². The molecule has 0 radical (unpaired) electrons. The maximum Gasteiger partial charge on any atom is 0.289 e. The lowest BCUT2D eigenvalue weighted by Crippen LogP contribution is -2.63. The number of hydrogen-bond acceptors (Lipinski definition) is 6. The fraction of sp³-hybridized carbons (Fsp3) is 0.789. The van der Waals surface area contributed by atoms with Crippen LogP contribution in [-0.4, -0.2) is 77.5 Å². The number of ketones is 1. The fourth-order valence-electron chi connectivity index (χ4n) is 7.03. The lowest BCUT2D eigenvalue weighted by atomic mass is 9.69. The number of likely N-dealkylation sites (tertiary alicyclic amines) is 1. The van der Waals surface area contributed by atoms with Crippen LogP contribution >= 0.6 is 0 Å². The summed E-state index contributed by atoms with van der Waals surface area (Å²) in [5.74, 6) is -2.54. The number of nitrogens with one attached hydrogen (secondary N) is 4. The maximum atomic E-state index is 14.6. The van der Waals surface area contributed by atoms with Gasteiger partial charge in [-0.2, -0.15) is 0 Å². The smallest absolute Gasteiger partial charge is 0.289 e. The van der Waals surface area contributed by atoms with Gasteiger partial charge in [-0.05, 0) is 54.3 Å². The normalized spacial score (nSPS) is 22.8. The number of hydrogen-bond donors (Lipinski definition) is 4. The van der Waals surface area contributed by atoms with Crippen LogP contribution in [0.3, 0.4) is 0 Å². The summed E-state index contributed by atoms with van der Waals surface area (Å²) >= 11 is 0. The Labute approximate surface area is 293 Å². The van der Waals surface area contributed by atoms with Gasteiger partial charge in [-0.25, -0.2) is 0 Å². The highest BCUT2D eigenvalue weighted by Gasteiger charge is 2.49. The molecule has 0 aromatic heterocycles. The van der Waals surface area contributed by atoms with Crippen LogP contribution in [0.1, 0.15) is 120 Å². The van der Waals surface area contributed by atoms with Crippen LogP contribution in [0.25, 0.3) is 0 Å². The van der Waals surface area contributed by atoms with E-state index >= 15 is 0 Å². The van der Waals surface area contributed by atoms with E-state index in [9.17, 15) is 28.8 Å². The van der Waals surface area contributed by atoms with Crippen molar-refractivity contribution >= 4 is 35.3 Å². The van der Waals surface area contributed by atoms with Crippen LogP contribution in [0.4, 0.5) is 0 Å². The van der Waals surface area contributed by atoms with Crippen molar-refractivity contribution in [2.75, 3.05) is 13.1 Å². The number of carbonyl (C=O) groups excluding carboxylic acids is 6. The van der Waals surface area contributed by atoms with Gasteiger partial charge in [-0.3, -0.25) is 28.8 Å². The predicted molar refractivity (Wildman–Crippen MR) is 190 cm³/mol. The summed E-state index contributed by atoms with van der Waals surface area (Å²) in [6.45, 7) is 21.2. The first-order valence-electron chi connectivity index (χ1n) is 18.3. The molecule has 49 heavy (non-hydrogen) atoms. The molecule has 2 saturated carbocycles. The van der Waals surface area contributed by atoms with E-state index in [1.54, 1.807) is 4.90 Å². The summed E-state index contributed by atoms with van der Waals surface area (Å²) in [6.07, 6.45) is 8.64. The zero-order valence-corrected chi connectivity index (χ0v) is 31.5. The lowest BCUT2D eigenvalue weighted by Gasteiger charge is -2.42. The minimum Gasteiger partial charge on any atom is -0.346 e. The van der Waals surface area contributed by atoms with Crippen LogP contribution in [-0.2, 0) is 28.8 Å². The highest BCUT2D eigenvalue weighted by atomic mass is 16.2. The Bertz CT molecular complexity index is 1250. The molecule has 0 aromatic rings. The van der Waals surface area contributed by atoms with Crippen molar-refractivity contribution in [2.24, 2.45) is 34.0 Å². The molecule has 1 aliphatic heterocycles. The monoisotopic (exact) mass is 685 g/mol. The Balaban J connectivity index is 1.90. The second-order valence-corrected chi connectivity index (χ2v) is 17.5. The van der Waals surface area contributed by atoms with E-state index in [4.69, 9.17) is 0 Å². The van der Waals surface area contributed by atoms with Crippen molar-refractivity contribution < 1.29 is 28.8 Å². The van der Waals surface area contributed by atoms with Crippen LogP contribution in [0.5, 0.6) is 0 Å². The summed E-state index contributed by atoms with van der Waals surface area (Å²) in [5.41, 5.74) is -1.92. The molecule has 0 bridgehead atoms. The summed E-state index contributed by atoms with van der Waals surface area (Å²) in [4.78, 5) is 83.4. The first-order valence-corrected chi connectivity index (χ1v) is 18.3. The largest absolute Gasteiger partial charge is 0.346 e. The van der Waals surface area contributed by atoms with E-state index in [1.807, 2.05) is 62.3 Å². The number of amides is 5. The molecular formula is C38H63N5O6. The van der Waals surface area contributed by atoms with Gasteiger partial charge in [0.15, 0.2) is 0 Å². The molecule has 2 aliphatic carbocycles. The molecule has 5 amide bonds. The third-order valence-electron chi connectivity index (χ3n) is 10.7. The van der Waals surface area contributed by atoms with E-state index in [0.29, 0.717) is 19.4 Å². The molecule has 276 valence electrons. The minimum atomic E-state index is -0.999. The molecule has 1 unspecified atom stereocenters. The zero-order chi connectivity index (χ0) is 36.9. The second kappa shape index (κ2) is 16.2. The number of carbonyl (C=O) groups is 6. The predicted octanol–water partition coefficient (Wildman–Crippen LogP) is 4.05. The molecule has 0 spiro atoms. The van der Waals surface area contributed by atoms with Gasteiger partial charge >= 0.3 is 0 Å². The molecular weight excluding hydrogens is 622 g/mol. The third-order valence-corrected chi connectivity index (χ3v) is 10.7. The average Bonchev–Trinajstić information content (AvgIpc) is 3.71. The summed E-state index contributed by atoms with van der Waals surface area (Å²) < 4.78 is 0. The van der Waals surface area contributed by atoms with Crippen molar-refractivity contribution in [2.45, 2.75) is 144 Å². The molecule has 5 atom stereocenters. The summed E-state index contributed by atoms with van der Waals surface area (Å²) in [5, 5.41) is 11.5. The molecule has 1 heterocycles. The Morgan fingerprint density at radius 2 is 1.53 bits per heavy atom. The van der Waals surface area contributed by atoms with Crippen molar-refractivity contribution in [1.29, 1.82) is 0 Å². The molecule has 3 fully saturated rings. The van der Waals surface area contributed by atoms with Gasteiger partial charge in [-0.1, -0.05) is 100 Å². The van der Waals surface area contributed by atoms with Gasteiger partial charge in [-0.15, -0.1) is 6.58 Å². The summed E-state index contributed by atoms with van der Waals surface area (Å²) in [6, 6.07) is -3.70. The van der Waals surface area contributed by atoms with Crippen LogP contribution in [0.15, 0.2) is 12.7 Å². The molecule has 11 heteroatoms.